The predicted octanol–water partition coefficient (Wildman–Crippen LogP) is 1.75. The van der Waals surface area contributed by atoms with E-state index in [0.717, 1.165) is 16.8 Å². The Balaban J connectivity index is 2.48. The summed E-state index contributed by atoms with van der Waals surface area (Å²) in [5.74, 6) is 0.398. The number of nitrogen functional groups attached to an aromatic ring is 1. The fraction of sp³-hybridized carbons (Fsp3) is 0.167. The Morgan fingerprint density at radius 3 is 2.44 bits per heavy atom. The van der Waals surface area contributed by atoms with Gasteiger partial charge in [0.15, 0.2) is 5.82 Å². The number of hydrogen-bond acceptors (Lipinski definition) is 4. The van der Waals surface area contributed by atoms with Gasteiger partial charge in [0.05, 0.1) is 5.69 Å². The molecule has 0 aliphatic rings. The molecule has 2 aromatic rings. The maximum absolute atomic E-state index is 5.81. The van der Waals surface area contributed by atoms with E-state index in [-0.39, 0.29) is 6.04 Å². The van der Waals surface area contributed by atoms with Crippen LogP contribution in [0.25, 0.3) is 11.3 Å². The molecule has 0 aliphatic heterocycles. The van der Waals surface area contributed by atoms with Crippen molar-refractivity contribution in [2.24, 2.45) is 5.73 Å². The minimum absolute atomic E-state index is 0.141. The molecule has 0 saturated carbocycles. The second kappa shape index (κ2) is 4.28. The maximum Gasteiger partial charge on any atom is 0.150 e. The van der Waals surface area contributed by atoms with Gasteiger partial charge in [-0.25, -0.2) is 0 Å². The molecule has 0 radical (unpaired) electrons. The number of hydrogen-bond donors (Lipinski definition) is 2. The summed E-state index contributed by atoms with van der Waals surface area (Å²) in [6, 6.07) is 11.6. The fourth-order valence-corrected chi connectivity index (χ4v) is 1.53. The number of benzene rings is 1. The predicted molar refractivity (Wildman–Crippen MR) is 64.5 cm³/mol. The van der Waals surface area contributed by atoms with Crippen molar-refractivity contribution in [2.75, 3.05) is 5.73 Å². The van der Waals surface area contributed by atoms with Crippen molar-refractivity contribution >= 4 is 5.82 Å². The molecule has 1 unspecified atom stereocenters. The lowest BCUT2D eigenvalue weighted by Crippen LogP contribution is -2.10. The third-order valence-corrected chi connectivity index (χ3v) is 2.41. The molecular formula is C12H14N4. The number of anilines is 1. The van der Waals surface area contributed by atoms with Crippen LogP contribution >= 0.6 is 0 Å². The molecule has 0 amide bonds. The van der Waals surface area contributed by atoms with Gasteiger partial charge in [0.1, 0.15) is 0 Å². The summed E-state index contributed by atoms with van der Waals surface area (Å²) in [6.07, 6.45) is 0. The highest BCUT2D eigenvalue weighted by Crippen LogP contribution is 2.22. The Hall–Kier alpha value is -1.94. The number of aromatic nitrogens is 2. The Kier molecular flexibility index (Phi) is 2.83. The molecule has 0 aliphatic carbocycles. The molecule has 4 nitrogen and oxygen atoms in total. The van der Waals surface area contributed by atoms with Crippen LogP contribution < -0.4 is 11.5 Å². The van der Waals surface area contributed by atoms with Crippen LogP contribution in [0.5, 0.6) is 0 Å². The molecule has 1 atom stereocenters. The lowest BCUT2D eigenvalue weighted by molar-refractivity contribution is 0.807. The first-order valence-electron chi connectivity index (χ1n) is 5.12. The van der Waals surface area contributed by atoms with Crippen LogP contribution in [-0.4, -0.2) is 10.2 Å². The van der Waals surface area contributed by atoms with E-state index in [1.165, 1.54) is 0 Å². The summed E-state index contributed by atoms with van der Waals surface area (Å²) in [6.45, 7) is 1.88. The smallest absolute Gasteiger partial charge is 0.150 e. The van der Waals surface area contributed by atoms with Crippen LogP contribution in [0.2, 0.25) is 0 Å². The van der Waals surface area contributed by atoms with Gasteiger partial charge in [-0.1, -0.05) is 30.3 Å². The average molecular weight is 214 g/mol. The SMILES string of the molecule is CC(N)c1cc(-c2ccccc2)nnc1N. The van der Waals surface area contributed by atoms with Gasteiger partial charge in [0.2, 0.25) is 0 Å². The zero-order chi connectivity index (χ0) is 11.5. The standard InChI is InChI=1S/C12H14N4/c1-8(13)10-7-11(15-16-12(10)14)9-5-3-2-4-6-9/h2-8H,13H2,1H3,(H2,14,16). The van der Waals surface area contributed by atoms with Crippen LogP contribution in [0.4, 0.5) is 5.82 Å². The van der Waals surface area contributed by atoms with E-state index in [4.69, 9.17) is 11.5 Å². The van der Waals surface area contributed by atoms with Crippen LogP contribution in [0, 0.1) is 0 Å². The lowest BCUT2D eigenvalue weighted by atomic mass is 10.1. The van der Waals surface area contributed by atoms with Crippen LogP contribution in [0.1, 0.15) is 18.5 Å². The molecule has 1 aromatic heterocycles. The van der Waals surface area contributed by atoms with Gasteiger partial charge in [-0.05, 0) is 13.0 Å². The van der Waals surface area contributed by atoms with Gasteiger partial charge < -0.3 is 11.5 Å². The number of nitrogens with two attached hydrogens (primary N) is 2. The molecule has 0 bridgehead atoms. The van der Waals surface area contributed by atoms with Crippen molar-refractivity contribution < 1.29 is 0 Å². The van der Waals surface area contributed by atoms with E-state index < -0.39 is 0 Å². The minimum atomic E-state index is -0.141. The van der Waals surface area contributed by atoms with Gasteiger partial charge in [-0.15, -0.1) is 10.2 Å². The summed E-state index contributed by atoms with van der Waals surface area (Å²) >= 11 is 0. The van der Waals surface area contributed by atoms with Crippen LogP contribution in [0.3, 0.4) is 0 Å². The minimum Gasteiger partial charge on any atom is -0.382 e. The van der Waals surface area contributed by atoms with E-state index in [1.54, 1.807) is 0 Å². The van der Waals surface area contributed by atoms with E-state index >= 15 is 0 Å². The molecule has 0 fully saturated rings. The normalized spacial score (nSPS) is 12.4. The molecule has 1 heterocycles. The van der Waals surface area contributed by atoms with E-state index in [0.29, 0.717) is 5.82 Å². The van der Waals surface area contributed by atoms with Gasteiger partial charge in [-0.3, -0.25) is 0 Å². The first-order valence-corrected chi connectivity index (χ1v) is 5.12. The third-order valence-electron chi connectivity index (χ3n) is 2.41. The highest BCUT2D eigenvalue weighted by molar-refractivity contribution is 5.61. The molecule has 4 heteroatoms. The molecule has 0 saturated heterocycles. The van der Waals surface area contributed by atoms with E-state index in [2.05, 4.69) is 10.2 Å². The molecule has 2 rings (SSSR count). The molecule has 1 aromatic carbocycles. The van der Waals surface area contributed by atoms with Crippen molar-refractivity contribution in [3.05, 3.63) is 42.0 Å². The van der Waals surface area contributed by atoms with Gasteiger partial charge in [0.25, 0.3) is 0 Å². The Bertz CT molecular complexity index is 480. The van der Waals surface area contributed by atoms with Gasteiger partial charge in [0, 0.05) is 17.2 Å². The van der Waals surface area contributed by atoms with Crippen LogP contribution in [-0.2, 0) is 0 Å². The monoisotopic (exact) mass is 214 g/mol. The maximum atomic E-state index is 5.81. The largest absolute Gasteiger partial charge is 0.382 e. The van der Waals surface area contributed by atoms with Crippen molar-refractivity contribution in [3.63, 3.8) is 0 Å². The molecular weight excluding hydrogens is 200 g/mol. The van der Waals surface area contributed by atoms with Gasteiger partial charge in [-0.2, -0.15) is 0 Å². The second-order valence-electron chi connectivity index (χ2n) is 3.72. The quantitative estimate of drug-likeness (QED) is 0.798. The van der Waals surface area contributed by atoms with Crippen LogP contribution in [0.15, 0.2) is 36.4 Å². The van der Waals surface area contributed by atoms with E-state index in [1.807, 2.05) is 43.3 Å². The van der Waals surface area contributed by atoms with Crippen molar-refractivity contribution in [3.8, 4) is 11.3 Å². The topological polar surface area (TPSA) is 77.8 Å². The molecule has 4 N–H and O–H groups in total. The first-order chi connectivity index (χ1) is 7.68. The number of nitrogens with zero attached hydrogens (tertiary/aromatic N) is 2. The summed E-state index contributed by atoms with van der Waals surface area (Å²) in [4.78, 5) is 0. The average Bonchev–Trinajstić information content (AvgIpc) is 2.30. The highest BCUT2D eigenvalue weighted by atomic mass is 15.1. The van der Waals surface area contributed by atoms with E-state index in [9.17, 15) is 0 Å². The van der Waals surface area contributed by atoms with Crippen molar-refractivity contribution in [1.82, 2.24) is 10.2 Å². The first kappa shape index (κ1) is 10.6. The van der Waals surface area contributed by atoms with Crippen molar-refractivity contribution in [1.29, 1.82) is 0 Å². The Morgan fingerprint density at radius 1 is 1.12 bits per heavy atom. The third kappa shape index (κ3) is 2.01. The summed E-state index contributed by atoms with van der Waals surface area (Å²) < 4.78 is 0. The zero-order valence-corrected chi connectivity index (χ0v) is 9.09. The zero-order valence-electron chi connectivity index (χ0n) is 9.09. The fourth-order valence-electron chi connectivity index (χ4n) is 1.53. The number of rotatable bonds is 2. The Labute approximate surface area is 94.3 Å². The molecule has 0 spiro atoms. The van der Waals surface area contributed by atoms with Gasteiger partial charge >= 0.3 is 0 Å². The van der Waals surface area contributed by atoms with Crippen molar-refractivity contribution in [2.45, 2.75) is 13.0 Å². The summed E-state index contributed by atoms with van der Waals surface area (Å²) in [7, 11) is 0. The lowest BCUT2D eigenvalue weighted by Gasteiger charge is -2.09. The molecule has 16 heavy (non-hydrogen) atoms. The highest BCUT2D eigenvalue weighted by Gasteiger charge is 2.09. The Morgan fingerprint density at radius 2 is 1.81 bits per heavy atom. The second-order valence-corrected chi connectivity index (χ2v) is 3.72. The summed E-state index contributed by atoms with van der Waals surface area (Å²) in [5, 5.41) is 7.99. The molecule has 82 valence electrons. The summed E-state index contributed by atoms with van der Waals surface area (Å²) in [5.41, 5.74) is 14.2.